The Kier molecular flexibility index (Phi) is 7.93. The van der Waals surface area contributed by atoms with Crippen molar-refractivity contribution in [3.63, 3.8) is 0 Å². The molecule has 0 saturated carbocycles. The summed E-state index contributed by atoms with van der Waals surface area (Å²) in [5.74, 6) is 0.669. The van der Waals surface area contributed by atoms with Crippen molar-refractivity contribution >= 4 is 10.0 Å². The summed E-state index contributed by atoms with van der Waals surface area (Å²) in [6.45, 7) is 8.26. The summed E-state index contributed by atoms with van der Waals surface area (Å²) in [4.78, 5) is 0.384. The second-order valence-corrected chi connectivity index (χ2v) is 7.41. The summed E-state index contributed by atoms with van der Waals surface area (Å²) in [6, 6.07) is 7.16. The molecule has 0 amide bonds. The minimum Gasteiger partial charge on any atom is -0.313 e. The highest BCUT2D eigenvalue weighted by atomic mass is 32.2. The molecule has 0 fully saturated rings. The summed E-state index contributed by atoms with van der Waals surface area (Å²) in [6.07, 6.45) is 3.07. The summed E-state index contributed by atoms with van der Waals surface area (Å²) in [7, 11) is -3.41. The lowest BCUT2D eigenvalue weighted by Crippen LogP contribution is -2.26. The van der Waals surface area contributed by atoms with Crippen LogP contribution in [-0.4, -0.2) is 21.5 Å². The van der Waals surface area contributed by atoms with Crippen molar-refractivity contribution in [2.45, 2.75) is 51.5 Å². The van der Waals surface area contributed by atoms with Crippen LogP contribution >= 0.6 is 0 Å². The maximum absolute atomic E-state index is 12.4. The summed E-state index contributed by atoms with van der Waals surface area (Å²) in [5, 5.41) is 3.17. The zero-order valence-electron chi connectivity index (χ0n) is 13.4. The number of rotatable bonds is 10. The van der Waals surface area contributed by atoms with Crippen molar-refractivity contribution < 1.29 is 8.42 Å². The highest BCUT2D eigenvalue weighted by molar-refractivity contribution is 7.89. The first-order valence-electron chi connectivity index (χ1n) is 7.75. The van der Waals surface area contributed by atoms with Gasteiger partial charge in [0.2, 0.25) is 10.0 Å². The third-order valence-electron chi connectivity index (χ3n) is 3.33. The molecule has 1 aromatic rings. The monoisotopic (exact) mass is 312 g/mol. The average Bonchev–Trinajstić information content (AvgIpc) is 2.44. The molecule has 5 heteroatoms. The SMILES string of the molecule is CCNCc1ccccc1S(=O)(=O)NCCCCC(C)C. The van der Waals surface area contributed by atoms with Gasteiger partial charge in [0.05, 0.1) is 4.90 Å². The van der Waals surface area contributed by atoms with E-state index in [9.17, 15) is 8.42 Å². The largest absolute Gasteiger partial charge is 0.313 e. The van der Waals surface area contributed by atoms with Gasteiger partial charge < -0.3 is 5.32 Å². The minimum absolute atomic E-state index is 0.384. The van der Waals surface area contributed by atoms with E-state index in [-0.39, 0.29) is 0 Å². The summed E-state index contributed by atoms with van der Waals surface area (Å²) >= 11 is 0. The van der Waals surface area contributed by atoms with E-state index in [4.69, 9.17) is 0 Å². The van der Waals surface area contributed by atoms with Gasteiger partial charge in [0, 0.05) is 13.1 Å². The van der Waals surface area contributed by atoms with Crippen molar-refractivity contribution in [1.82, 2.24) is 10.0 Å². The molecule has 1 rings (SSSR count). The van der Waals surface area contributed by atoms with Gasteiger partial charge in [-0.1, -0.05) is 51.8 Å². The van der Waals surface area contributed by atoms with E-state index in [1.54, 1.807) is 12.1 Å². The molecule has 0 aliphatic heterocycles. The Balaban J connectivity index is 2.61. The highest BCUT2D eigenvalue weighted by Crippen LogP contribution is 2.15. The molecule has 4 nitrogen and oxygen atoms in total. The van der Waals surface area contributed by atoms with Crippen LogP contribution in [0.2, 0.25) is 0 Å². The van der Waals surface area contributed by atoms with Crippen LogP contribution in [0.3, 0.4) is 0 Å². The molecule has 0 atom stereocenters. The molecule has 0 aromatic heterocycles. The Labute approximate surface area is 129 Å². The first kappa shape index (κ1) is 18.1. The molecule has 2 N–H and O–H groups in total. The van der Waals surface area contributed by atoms with Crippen molar-refractivity contribution in [3.8, 4) is 0 Å². The Morgan fingerprint density at radius 1 is 1.14 bits per heavy atom. The number of sulfonamides is 1. The lowest BCUT2D eigenvalue weighted by Gasteiger charge is -2.12. The number of unbranched alkanes of at least 4 members (excludes halogenated alkanes) is 1. The molecule has 0 saturated heterocycles. The lowest BCUT2D eigenvalue weighted by molar-refractivity contribution is 0.530. The molecule has 0 aliphatic carbocycles. The van der Waals surface area contributed by atoms with Crippen LogP contribution in [0.15, 0.2) is 29.2 Å². The van der Waals surface area contributed by atoms with Crippen LogP contribution < -0.4 is 10.0 Å². The van der Waals surface area contributed by atoms with Crippen molar-refractivity contribution in [3.05, 3.63) is 29.8 Å². The Morgan fingerprint density at radius 2 is 1.86 bits per heavy atom. The average molecular weight is 312 g/mol. The van der Waals surface area contributed by atoms with Crippen LogP contribution in [0, 0.1) is 5.92 Å². The second-order valence-electron chi connectivity index (χ2n) is 5.68. The van der Waals surface area contributed by atoms with Crippen LogP contribution in [0.4, 0.5) is 0 Å². The normalized spacial score (nSPS) is 12.0. The van der Waals surface area contributed by atoms with Gasteiger partial charge in [-0.15, -0.1) is 0 Å². The third kappa shape index (κ3) is 6.59. The number of benzene rings is 1. The molecule has 0 radical (unpaired) electrons. The van der Waals surface area contributed by atoms with Crippen LogP contribution in [-0.2, 0) is 16.6 Å². The smallest absolute Gasteiger partial charge is 0.240 e. The van der Waals surface area contributed by atoms with E-state index in [0.717, 1.165) is 31.4 Å². The van der Waals surface area contributed by atoms with Gasteiger partial charge in [0.25, 0.3) is 0 Å². The van der Waals surface area contributed by atoms with E-state index in [0.29, 0.717) is 23.9 Å². The molecule has 120 valence electrons. The van der Waals surface area contributed by atoms with Gasteiger partial charge in [0.1, 0.15) is 0 Å². The van der Waals surface area contributed by atoms with E-state index in [1.165, 1.54) is 0 Å². The topological polar surface area (TPSA) is 58.2 Å². The standard InChI is InChI=1S/C16H28N2O2S/c1-4-17-13-15-10-5-6-11-16(15)21(19,20)18-12-8-7-9-14(2)3/h5-6,10-11,14,17-18H,4,7-9,12-13H2,1-3H3. The predicted molar refractivity (Wildman–Crippen MR) is 87.7 cm³/mol. The Morgan fingerprint density at radius 3 is 2.52 bits per heavy atom. The molecule has 0 heterocycles. The summed E-state index contributed by atoms with van der Waals surface area (Å²) < 4.78 is 27.5. The predicted octanol–water partition coefficient (Wildman–Crippen LogP) is 2.90. The molecule has 0 unspecified atom stereocenters. The van der Waals surface area contributed by atoms with Crippen LogP contribution in [0.1, 0.15) is 45.6 Å². The van der Waals surface area contributed by atoms with Gasteiger partial charge in [0.15, 0.2) is 0 Å². The fourth-order valence-corrected chi connectivity index (χ4v) is 3.45. The number of nitrogens with one attached hydrogen (secondary N) is 2. The first-order chi connectivity index (χ1) is 9.97. The molecule has 1 aromatic carbocycles. The van der Waals surface area contributed by atoms with Crippen LogP contribution in [0.25, 0.3) is 0 Å². The van der Waals surface area contributed by atoms with Gasteiger partial charge in [-0.05, 0) is 30.5 Å². The molecule has 21 heavy (non-hydrogen) atoms. The molecular weight excluding hydrogens is 284 g/mol. The first-order valence-corrected chi connectivity index (χ1v) is 9.24. The number of hydrogen-bond acceptors (Lipinski definition) is 3. The zero-order valence-corrected chi connectivity index (χ0v) is 14.2. The van der Waals surface area contributed by atoms with Crippen molar-refractivity contribution in [2.24, 2.45) is 5.92 Å². The zero-order chi connectivity index (χ0) is 15.7. The minimum atomic E-state index is -3.41. The number of hydrogen-bond donors (Lipinski definition) is 2. The van der Waals surface area contributed by atoms with Crippen molar-refractivity contribution in [2.75, 3.05) is 13.1 Å². The van der Waals surface area contributed by atoms with Gasteiger partial charge in [-0.25, -0.2) is 13.1 Å². The maximum Gasteiger partial charge on any atom is 0.240 e. The molecule has 0 spiro atoms. The molecular formula is C16H28N2O2S. The highest BCUT2D eigenvalue weighted by Gasteiger charge is 2.16. The van der Waals surface area contributed by atoms with Gasteiger partial charge >= 0.3 is 0 Å². The lowest BCUT2D eigenvalue weighted by atomic mass is 10.1. The quantitative estimate of drug-likeness (QED) is 0.653. The van der Waals surface area contributed by atoms with Gasteiger partial charge in [-0.2, -0.15) is 0 Å². The maximum atomic E-state index is 12.4. The van der Waals surface area contributed by atoms with E-state index in [2.05, 4.69) is 23.9 Å². The molecule has 0 bridgehead atoms. The van der Waals surface area contributed by atoms with Crippen LogP contribution in [0.5, 0.6) is 0 Å². The van der Waals surface area contributed by atoms with Crippen molar-refractivity contribution in [1.29, 1.82) is 0 Å². The molecule has 0 aliphatic rings. The van der Waals surface area contributed by atoms with E-state index < -0.39 is 10.0 Å². The second kappa shape index (κ2) is 9.18. The fourth-order valence-electron chi connectivity index (χ4n) is 2.13. The third-order valence-corrected chi connectivity index (χ3v) is 4.89. The van der Waals surface area contributed by atoms with Gasteiger partial charge in [-0.3, -0.25) is 0 Å². The fraction of sp³-hybridized carbons (Fsp3) is 0.625. The summed E-state index contributed by atoms with van der Waals surface area (Å²) in [5.41, 5.74) is 0.814. The Hall–Kier alpha value is -0.910. The van der Waals surface area contributed by atoms with E-state index in [1.807, 2.05) is 19.1 Å². The van der Waals surface area contributed by atoms with E-state index >= 15 is 0 Å². The Bertz CT molecular complexity index is 513.